The third-order valence-electron chi connectivity index (χ3n) is 7.45. The van der Waals surface area contributed by atoms with Crippen molar-refractivity contribution in [3.05, 3.63) is 59.7 Å². The summed E-state index contributed by atoms with van der Waals surface area (Å²) in [5, 5.41) is -0.581. The number of anilines is 2. The van der Waals surface area contributed by atoms with Gasteiger partial charge in [-0.25, -0.2) is 4.79 Å². The number of halogens is 3. The van der Waals surface area contributed by atoms with Gasteiger partial charge in [-0.2, -0.15) is 8.78 Å². The van der Waals surface area contributed by atoms with Crippen molar-refractivity contribution in [1.29, 1.82) is 0 Å². The second-order valence-corrected chi connectivity index (χ2v) is 11.7. The van der Waals surface area contributed by atoms with Crippen LogP contribution in [0.4, 0.5) is 24.6 Å². The molecule has 0 bridgehead atoms. The van der Waals surface area contributed by atoms with Gasteiger partial charge in [-0.3, -0.25) is 4.79 Å². The molecule has 0 unspecified atom stereocenters. The monoisotopic (exact) mass is 576 g/mol. The first-order valence-corrected chi connectivity index (χ1v) is 14.2. The van der Waals surface area contributed by atoms with Crippen molar-refractivity contribution in [3.8, 4) is 0 Å². The molecule has 2 aliphatic heterocycles. The molecule has 224 valence electrons. The Morgan fingerprint density at radius 1 is 0.976 bits per heavy atom. The van der Waals surface area contributed by atoms with Crippen LogP contribution in [0.2, 0.25) is 0 Å². The van der Waals surface area contributed by atoms with E-state index in [2.05, 4.69) is 0 Å². The van der Waals surface area contributed by atoms with Crippen LogP contribution in [0.3, 0.4) is 0 Å². The molecule has 0 atom stereocenters. The molecule has 4 rings (SSSR count). The quantitative estimate of drug-likeness (QED) is 0.256. The Morgan fingerprint density at radius 3 is 2.27 bits per heavy atom. The van der Waals surface area contributed by atoms with E-state index < -0.39 is 40.1 Å². The summed E-state index contributed by atoms with van der Waals surface area (Å²) in [5.74, 6) is -7.90. The second-order valence-electron chi connectivity index (χ2n) is 11.7. The number of piperidine rings is 1. The molecule has 0 N–H and O–H groups in total. The minimum atomic E-state index is -3.96. The standard InChI is InChI=1S/C31H39F3N2O5/c1-30(2,3)41-28(37)27-25(35-16-12-23(13-17-35)21-40-20-22-8-5-4-6-9-22)10-7-11-26(27)36(34)29(38)31(32,33)24-14-18-39-19-15-24/h4-11,23-24H,12-21H2,1-3H3. The Morgan fingerprint density at radius 2 is 1.63 bits per heavy atom. The SMILES string of the molecule is CC(C)(C)OC(=O)c1c(N2CCC(COCc3ccccc3)CC2)cccc1N(F)C(=O)C(F)(F)C1CCOCC1. The smallest absolute Gasteiger partial charge is 0.343 e. The molecule has 2 saturated heterocycles. The number of rotatable bonds is 9. The molecule has 2 aromatic carbocycles. The number of amides is 1. The van der Waals surface area contributed by atoms with E-state index in [-0.39, 0.29) is 31.6 Å². The first-order valence-electron chi connectivity index (χ1n) is 14.2. The van der Waals surface area contributed by atoms with Crippen LogP contribution in [0.1, 0.15) is 62.4 Å². The zero-order valence-electron chi connectivity index (χ0n) is 23.9. The number of carbonyl (C=O) groups excluding carboxylic acids is 2. The van der Waals surface area contributed by atoms with Crippen molar-refractivity contribution in [2.24, 2.45) is 11.8 Å². The predicted molar refractivity (Wildman–Crippen MR) is 150 cm³/mol. The van der Waals surface area contributed by atoms with Crippen LogP contribution >= 0.6 is 0 Å². The average Bonchev–Trinajstić information content (AvgIpc) is 2.96. The van der Waals surface area contributed by atoms with Crippen LogP contribution in [0, 0.1) is 11.8 Å². The molecule has 10 heteroatoms. The molecule has 2 heterocycles. The summed E-state index contributed by atoms with van der Waals surface area (Å²) >= 11 is 0. The molecule has 2 aliphatic rings. The third kappa shape index (κ3) is 7.80. The minimum Gasteiger partial charge on any atom is -0.456 e. The van der Waals surface area contributed by atoms with Crippen molar-refractivity contribution in [2.45, 2.75) is 64.6 Å². The number of benzene rings is 2. The van der Waals surface area contributed by atoms with Gasteiger partial charge in [-0.05, 0) is 70.1 Å². The largest absolute Gasteiger partial charge is 0.456 e. The van der Waals surface area contributed by atoms with E-state index in [1.807, 2.05) is 35.2 Å². The zero-order valence-corrected chi connectivity index (χ0v) is 23.9. The first kappa shape index (κ1) is 30.8. The predicted octanol–water partition coefficient (Wildman–Crippen LogP) is 6.35. The highest BCUT2D eigenvalue weighted by Gasteiger charge is 2.51. The van der Waals surface area contributed by atoms with E-state index in [1.165, 1.54) is 6.07 Å². The average molecular weight is 577 g/mol. The maximum absolute atomic E-state index is 15.7. The minimum absolute atomic E-state index is 0.0600. The molecular formula is C31H39F3N2O5. The van der Waals surface area contributed by atoms with Crippen molar-refractivity contribution >= 4 is 23.3 Å². The highest BCUT2D eigenvalue weighted by atomic mass is 19.3. The Kier molecular flexibility index (Phi) is 9.96. The van der Waals surface area contributed by atoms with Crippen molar-refractivity contribution in [2.75, 3.05) is 42.9 Å². The van der Waals surface area contributed by atoms with Gasteiger partial charge in [-0.15, -0.1) is 5.12 Å². The lowest BCUT2D eigenvalue weighted by molar-refractivity contribution is -0.159. The fourth-order valence-electron chi connectivity index (χ4n) is 5.23. The summed E-state index contributed by atoms with van der Waals surface area (Å²) in [4.78, 5) is 28.1. The highest BCUT2D eigenvalue weighted by molar-refractivity contribution is 6.07. The Hall–Kier alpha value is -3.11. The number of hydrogen-bond acceptors (Lipinski definition) is 6. The van der Waals surface area contributed by atoms with Gasteiger partial charge < -0.3 is 19.1 Å². The second kappa shape index (κ2) is 13.2. The van der Waals surface area contributed by atoms with Gasteiger partial charge in [0.25, 0.3) is 0 Å². The Bertz CT molecular complexity index is 1170. The number of carbonyl (C=O) groups is 2. The van der Waals surface area contributed by atoms with Crippen LogP contribution in [-0.2, 0) is 25.6 Å². The number of ether oxygens (including phenoxy) is 3. The molecule has 7 nitrogen and oxygen atoms in total. The maximum Gasteiger partial charge on any atom is 0.343 e. The summed E-state index contributed by atoms with van der Waals surface area (Å²) in [5.41, 5.74) is -0.301. The van der Waals surface area contributed by atoms with E-state index in [9.17, 15) is 9.59 Å². The van der Waals surface area contributed by atoms with Gasteiger partial charge in [0.15, 0.2) is 0 Å². The molecule has 0 aliphatic carbocycles. The summed E-state index contributed by atoms with van der Waals surface area (Å²) in [6, 6.07) is 14.1. The molecule has 2 aromatic rings. The van der Waals surface area contributed by atoms with Gasteiger partial charge in [0.05, 0.1) is 18.0 Å². The van der Waals surface area contributed by atoms with Gasteiger partial charge >= 0.3 is 17.8 Å². The fraction of sp³-hybridized carbons (Fsp3) is 0.548. The molecule has 0 radical (unpaired) electrons. The number of alkyl halides is 2. The summed E-state index contributed by atoms with van der Waals surface area (Å²) < 4.78 is 62.5. The van der Waals surface area contributed by atoms with Gasteiger partial charge in [0.1, 0.15) is 11.2 Å². The molecule has 0 spiro atoms. The number of nitrogens with zero attached hydrogens (tertiary/aromatic N) is 2. The topological polar surface area (TPSA) is 68.3 Å². The van der Waals surface area contributed by atoms with Crippen LogP contribution in [0.5, 0.6) is 0 Å². The van der Waals surface area contributed by atoms with E-state index >= 15 is 13.3 Å². The van der Waals surface area contributed by atoms with Crippen LogP contribution < -0.4 is 10.0 Å². The van der Waals surface area contributed by atoms with E-state index in [0.717, 1.165) is 24.5 Å². The molecule has 1 amide bonds. The maximum atomic E-state index is 15.7. The third-order valence-corrected chi connectivity index (χ3v) is 7.45. The molecule has 0 aromatic heterocycles. The number of hydrogen-bond donors (Lipinski definition) is 0. The first-order chi connectivity index (χ1) is 19.5. The Balaban J connectivity index is 1.52. The van der Waals surface area contributed by atoms with Crippen LogP contribution in [-0.4, -0.2) is 56.3 Å². The van der Waals surface area contributed by atoms with E-state index in [4.69, 9.17) is 14.2 Å². The van der Waals surface area contributed by atoms with Gasteiger partial charge in [0.2, 0.25) is 0 Å². The van der Waals surface area contributed by atoms with E-state index in [0.29, 0.717) is 37.9 Å². The van der Waals surface area contributed by atoms with Crippen molar-refractivity contribution < 1.29 is 37.1 Å². The summed E-state index contributed by atoms with van der Waals surface area (Å²) in [6.07, 6.45) is 1.39. The molecule has 41 heavy (non-hydrogen) atoms. The highest BCUT2D eigenvalue weighted by Crippen LogP contribution is 2.39. The summed E-state index contributed by atoms with van der Waals surface area (Å²) in [7, 11) is 0. The lowest BCUT2D eigenvalue weighted by Gasteiger charge is -2.35. The lowest BCUT2D eigenvalue weighted by atomic mass is 9.92. The summed E-state index contributed by atoms with van der Waals surface area (Å²) in [6.45, 7) is 7.30. The number of esters is 1. The van der Waals surface area contributed by atoms with Crippen molar-refractivity contribution in [3.63, 3.8) is 0 Å². The molecule has 2 fully saturated rings. The fourth-order valence-corrected chi connectivity index (χ4v) is 5.23. The van der Waals surface area contributed by atoms with Gasteiger partial charge in [0, 0.05) is 38.8 Å². The van der Waals surface area contributed by atoms with Gasteiger partial charge in [-0.1, -0.05) is 40.9 Å². The van der Waals surface area contributed by atoms with E-state index in [1.54, 1.807) is 26.8 Å². The van der Waals surface area contributed by atoms with Crippen LogP contribution in [0.15, 0.2) is 48.5 Å². The lowest BCUT2D eigenvalue weighted by Crippen LogP contribution is -2.47. The Labute approximate surface area is 239 Å². The van der Waals surface area contributed by atoms with Crippen molar-refractivity contribution in [1.82, 2.24) is 0 Å². The van der Waals surface area contributed by atoms with Crippen LogP contribution in [0.25, 0.3) is 0 Å². The zero-order chi connectivity index (χ0) is 29.6. The molecule has 0 saturated carbocycles. The normalized spacial score (nSPS) is 17.4. The molecular weight excluding hydrogens is 537 g/mol.